The predicted molar refractivity (Wildman–Crippen MR) is 106 cm³/mol. The van der Waals surface area contributed by atoms with Crippen LogP contribution in [0.25, 0.3) is 22.4 Å². The molecular formula is C24H25N. The molecule has 3 aromatic rings. The van der Waals surface area contributed by atoms with E-state index in [4.69, 9.17) is 4.98 Å². The van der Waals surface area contributed by atoms with Gasteiger partial charge in [0.1, 0.15) is 0 Å². The Labute approximate surface area is 150 Å². The van der Waals surface area contributed by atoms with Gasteiger partial charge >= 0.3 is 0 Å². The van der Waals surface area contributed by atoms with Gasteiger partial charge in [0.25, 0.3) is 0 Å². The fraction of sp³-hybridized carbons (Fsp3) is 0.292. The van der Waals surface area contributed by atoms with Gasteiger partial charge in [-0.15, -0.1) is 0 Å². The average molecular weight is 327 g/mol. The van der Waals surface area contributed by atoms with E-state index in [1.807, 2.05) is 13.0 Å². The number of fused-ring (bicyclic) bond motifs is 3. The standard InChI is InChI=1S/C24H25N/c1-16-9-8-12-22(25-16)17-13-14-21-19(15-17)18-10-6-7-11-20(18)23(2,3)24(21,4)5/h6-15H,1-5H3. The van der Waals surface area contributed by atoms with Crippen LogP contribution in [0.3, 0.4) is 0 Å². The van der Waals surface area contributed by atoms with Gasteiger partial charge in [-0.05, 0) is 58.2 Å². The minimum absolute atomic E-state index is 0.0647. The maximum Gasteiger partial charge on any atom is 0.0705 e. The monoisotopic (exact) mass is 327 g/mol. The van der Waals surface area contributed by atoms with Crippen molar-refractivity contribution in [1.82, 2.24) is 4.98 Å². The molecule has 1 aromatic heterocycles. The molecular weight excluding hydrogens is 302 g/mol. The second kappa shape index (κ2) is 5.29. The van der Waals surface area contributed by atoms with Crippen LogP contribution in [-0.2, 0) is 10.8 Å². The summed E-state index contributed by atoms with van der Waals surface area (Å²) < 4.78 is 0. The van der Waals surface area contributed by atoms with Crippen LogP contribution in [0, 0.1) is 6.92 Å². The molecule has 1 aliphatic carbocycles. The van der Waals surface area contributed by atoms with E-state index < -0.39 is 0 Å². The Balaban J connectivity index is 1.99. The van der Waals surface area contributed by atoms with E-state index in [9.17, 15) is 0 Å². The molecule has 1 heteroatoms. The van der Waals surface area contributed by atoms with Gasteiger partial charge in [-0.25, -0.2) is 0 Å². The van der Waals surface area contributed by atoms with Crippen LogP contribution in [0.4, 0.5) is 0 Å². The second-order valence-corrected chi connectivity index (χ2v) is 8.22. The summed E-state index contributed by atoms with van der Waals surface area (Å²) in [5, 5.41) is 0. The third-order valence-corrected chi connectivity index (χ3v) is 6.33. The van der Waals surface area contributed by atoms with E-state index in [1.165, 1.54) is 27.8 Å². The Morgan fingerprint density at radius 3 is 2.08 bits per heavy atom. The van der Waals surface area contributed by atoms with Crippen molar-refractivity contribution in [3.05, 3.63) is 77.5 Å². The molecule has 25 heavy (non-hydrogen) atoms. The third-order valence-electron chi connectivity index (χ3n) is 6.33. The molecule has 0 bridgehead atoms. The maximum atomic E-state index is 4.71. The topological polar surface area (TPSA) is 12.9 Å². The normalized spacial score (nSPS) is 16.8. The zero-order chi connectivity index (χ0) is 17.8. The number of aryl methyl sites for hydroxylation is 1. The van der Waals surface area contributed by atoms with E-state index in [0.29, 0.717) is 0 Å². The van der Waals surface area contributed by atoms with Crippen molar-refractivity contribution in [3.8, 4) is 22.4 Å². The minimum atomic E-state index is 0.0647. The van der Waals surface area contributed by atoms with Gasteiger partial charge in [-0.2, -0.15) is 0 Å². The Kier molecular flexibility index (Phi) is 3.40. The molecule has 1 heterocycles. The molecule has 1 aliphatic rings. The highest BCUT2D eigenvalue weighted by Crippen LogP contribution is 2.54. The molecule has 0 spiro atoms. The summed E-state index contributed by atoms with van der Waals surface area (Å²) in [5.74, 6) is 0. The summed E-state index contributed by atoms with van der Waals surface area (Å²) in [7, 11) is 0. The van der Waals surface area contributed by atoms with Gasteiger partial charge in [0.2, 0.25) is 0 Å². The first-order valence-electron chi connectivity index (χ1n) is 9.01. The second-order valence-electron chi connectivity index (χ2n) is 8.22. The van der Waals surface area contributed by atoms with Crippen LogP contribution in [0.5, 0.6) is 0 Å². The number of rotatable bonds is 1. The van der Waals surface area contributed by atoms with Crippen LogP contribution < -0.4 is 0 Å². The molecule has 0 saturated heterocycles. The first-order valence-corrected chi connectivity index (χ1v) is 9.01. The summed E-state index contributed by atoms with van der Waals surface area (Å²) >= 11 is 0. The van der Waals surface area contributed by atoms with Gasteiger partial charge < -0.3 is 0 Å². The van der Waals surface area contributed by atoms with Crippen LogP contribution in [0.1, 0.15) is 44.5 Å². The zero-order valence-electron chi connectivity index (χ0n) is 15.7. The van der Waals surface area contributed by atoms with Gasteiger partial charge in [-0.3, -0.25) is 4.98 Å². The number of aromatic nitrogens is 1. The molecule has 0 saturated carbocycles. The summed E-state index contributed by atoms with van der Waals surface area (Å²) in [4.78, 5) is 4.71. The zero-order valence-corrected chi connectivity index (χ0v) is 15.7. The van der Waals surface area contributed by atoms with E-state index in [1.54, 1.807) is 0 Å². The lowest BCUT2D eigenvalue weighted by atomic mass is 9.55. The lowest BCUT2D eigenvalue weighted by Crippen LogP contribution is -2.43. The van der Waals surface area contributed by atoms with Crippen molar-refractivity contribution < 1.29 is 0 Å². The van der Waals surface area contributed by atoms with E-state index in [2.05, 4.69) is 82.3 Å². The molecule has 0 fully saturated rings. The lowest BCUT2D eigenvalue weighted by molar-refractivity contribution is 0.299. The highest BCUT2D eigenvalue weighted by Gasteiger charge is 2.45. The fourth-order valence-corrected chi connectivity index (χ4v) is 4.11. The predicted octanol–water partition coefficient (Wildman–Crippen LogP) is 6.29. The SMILES string of the molecule is Cc1cccc(-c2ccc3c(c2)-c2ccccc2C(C)(C)C3(C)C)n1. The molecule has 0 unspecified atom stereocenters. The van der Waals surface area contributed by atoms with E-state index in [0.717, 1.165) is 11.4 Å². The van der Waals surface area contributed by atoms with Gasteiger partial charge in [0.05, 0.1) is 5.69 Å². The van der Waals surface area contributed by atoms with Crippen molar-refractivity contribution in [2.24, 2.45) is 0 Å². The fourth-order valence-electron chi connectivity index (χ4n) is 4.11. The van der Waals surface area contributed by atoms with Gasteiger partial charge in [0, 0.05) is 11.3 Å². The number of hydrogen-bond donors (Lipinski definition) is 0. The first-order chi connectivity index (χ1) is 11.8. The molecule has 0 aliphatic heterocycles. The van der Waals surface area contributed by atoms with Crippen molar-refractivity contribution in [2.45, 2.75) is 45.4 Å². The lowest BCUT2D eigenvalue weighted by Gasteiger charge is -2.48. The number of hydrogen-bond acceptors (Lipinski definition) is 1. The molecule has 0 atom stereocenters. The summed E-state index contributed by atoms with van der Waals surface area (Å²) in [5.41, 5.74) is 8.99. The van der Waals surface area contributed by atoms with Crippen molar-refractivity contribution in [2.75, 3.05) is 0 Å². The quantitative estimate of drug-likeness (QED) is 0.511. The van der Waals surface area contributed by atoms with Crippen molar-refractivity contribution >= 4 is 0 Å². The van der Waals surface area contributed by atoms with Crippen LogP contribution in [0.15, 0.2) is 60.7 Å². The Bertz CT molecular complexity index is 963. The summed E-state index contributed by atoms with van der Waals surface area (Å²) in [6, 6.07) is 21.9. The Morgan fingerprint density at radius 2 is 1.36 bits per heavy atom. The maximum absolute atomic E-state index is 4.71. The van der Waals surface area contributed by atoms with E-state index >= 15 is 0 Å². The first kappa shape index (κ1) is 16.1. The third kappa shape index (κ3) is 2.26. The largest absolute Gasteiger partial charge is 0.253 e. The van der Waals surface area contributed by atoms with E-state index in [-0.39, 0.29) is 10.8 Å². The molecule has 1 nitrogen and oxygen atoms in total. The molecule has 0 radical (unpaired) electrons. The molecule has 0 N–H and O–H groups in total. The average Bonchev–Trinajstić information content (AvgIpc) is 2.60. The number of nitrogens with zero attached hydrogens (tertiary/aromatic N) is 1. The highest BCUT2D eigenvalue weighted by molar-refractivity contribution is 5.81. The van der Waals surface area contributed by atoms with Crippen molar-refractivity contribution in [3.63, 3.8) is 0 Å². The van der Waals surface area contributed by atoms with Gasteiger partial charge in [0.15, 0.2) is 0 Å². The van der Waals surface area contributed by atoms with Gasteiger partial charge in [-0.1, -0.05) is 70.2 Å². The molecule has 0 amide bonds. The molecule has 4 rings (SSSR count). The van der Waals surface area contributed by atoms with Crippen molar-refractivity contribution in [1.29, 1.82) is 0 Å². The smallest absolute Gasteiger partial charge is 0.0705 e. The summed E-state index contributed by atoms with van der Waals surface area (Å²) in [6.45, 7) is 11.5. The molecule has 126 valence electrons. The highest BCUT2D eigenvalue weighted by atomic mass is 14.7. The minimum Gasteiger partial charge on any atom is -0.253 e. The summed E-state index contributed by atoms with van der Waals surface area (Å²) in [6.07, 6.45) is 0. The number of benzene rings is 2. The van der Waals surface area contributed by atoms with Crippen LogP contribution in [-0.4, -0.2) is 4.98 Å². The molecule has 2 aromatic carbocycles. The van der Waals surface area contributed by atoms with Crippen LogP contribution >= 0.6 is 0 Å². The Hall–Kier alpha value is -2.41. The number of pyridine rings is 1. The van der Waals surface area contributed by atoms with Crippen LogP contribution in [0.2, 0.25) is 0 Å². The Morgan fingerprint density at radius 1 is 0.680 bits per heavy atom.